The van der Waals surface area contributed by atoms with E-state index in [9.17, 15) is 0 Å². The van der Waals surface area contributed by atoms with Crippen LogP contribution in [0.1, 0.15) is 32.1 Å². The van der Waals surface area contributed by atoms with Crippen LogP contribution in [0.4, 0.5) is 0 Å². The van der Waals surface area contributed by atoms with Gasteiger partial charge in [0.2, 0.25) is 0 Å². The van der Waals surface area contributed by atoms with Gasteiger partial charge in [-0.3, -0.25) is 0 Å². The first-order valence-electron chi connectivity index (χ1n) is 4.75. The van der Waals surface area contributed by atoms with Crippen molar-refractivity contribution in [2.75, 3.05) is 6.54 Å². The van der Waals surface area contributed by atoms with Crippen molar-refractivity contribution in [3.8, 4) is 0 Å². The molecule has 1 saturated heterocycles. The molecular formula is C9H16ClN. The molecule has 0 aromatic carbocycles. The summed E-state index contributed by atoms with van der Waals surface area (Å²) >= 11 is 6.18. The SMILES string of the molecule is ClC1NCCC2CCCCC21. The average molecular weight is 174 g/mol. The van der Waals surface area contributed by atoms with E-state index >= 15 is 0 Å². The van der Waals surface area contributed by atoms with Gasteiger partial charge in [0.15, 0.2) is 0 Å². The summed E-state index contributed by atoms with van der Waals surface area (Å²) in [4.78, 5) is 0. The van der Waals surface area contributed by atoms with Gasteiger partial charge in [-0.25, -0.2) is 0 Å². The number of fused-ring (bicyclic) bond motifs is 1. The molecule has 1 aliphatic carbocycles. The molecule has 3 unspecified atom stereocenters. The lowest BCUT2D eigenvalue weighted by atomic mass is 9.75. The molecule has 1 N–H and O–H groups in total. The summed E-state index contributed by atoms with van der Waals surface area (Å²) in [5.41, 5.74) is 0.272. The van der Waals surface area contributed by atoms with E-state index < -0.39 is 0 Å². The summed E-state index contributed by atoms with van der Waals surface area (Å²) in [6.07, 6.45) is 6.96. The lowest BCUT2D eigenvalue weighted by Crippen LogP contribution is -2.43. The topological polar surface area (TPSA) is 12.0 Å². The number of piperidine rings is 1. The first kappa shape index (κ1) is 7.88. The maximum atomic E-state index is 6.18. The number of halogens is 1. The van der Waals surface area contributed by atoms with Gasteiger partial charge in [-0.1, -0.05) is 19.3 Å². The number of nitrogens with one attached hydrogen (secondary N) is 1. The van der Waals surface area contributed by atoms with Crippen LogP contribution in [0, 0.1) is 11.8 Å². The van der Waals surface area contributed by atoms with Crippen molar-refractivity contribution < 1.29 is 0 Å². The monoisotopic (exact) mass is 173 g/mol. The van der Waals surface area contributed by atoms with Crippen molar-refractivity contribution in [1.82, 2.24) is 5.32 Å². The lowest BCUT2D eigenvalue weighted by Gasteiger charge is -2.39. The van der Waals surface area contributed by atoms with Gasteiger partial charge < -0.3 is 5.32 Å². The minimum absolute atomic E-state index is 0.272. The smallest absolute Gasteiger partial charge is 0.0856 e. The summed E-state index contributed by atoms with van der Waals surface area (Å²) in [7, 11) is 0. The Bertz CT molecular complexity index is 136. The first-order chi connectivity index (χ1) is 5.38. The van der Waals surface area contributed by atoms with Crippen LogP contribution in [0.2, 0.25) is 0 Å². The van der Waals surface area contributed by atoms with E-state index in [4.69, 9.17) is 11.6 Å². The fraction of sp³-hybridized carbons (Fsp3) is 1.00. The van der Waals surface area contributed by atoms with Gasteiger partial charge in [0.25, 0.3) is 0 Å². The Kier molecular flexibility index (Phi) is 2.38. The van der Waals surface area contributed by atoms with E-state index in [2.05, 4.69) is 5.32 Å². The molecule has 2 heteroatoms. The lowest BCUT2D eigenvalue weighted by molar-refractivity contribution is 0.169. The highest BCUT2D eigenvalue weighted by molar-refractivity contribution is 6.20. The summed E-state index contributed by atoms with van der Waals surface area (Å²) < 4.78 is 0. The zero-order valence-corrected chi connectivity index (χ0v) is 7.61. The molecule has 1 saturated carbocycles. The molecule has 0 radical (unpaired) electrons. The van der Waals surface area contributed by atoms with E-state index in [-0.39, 0.29) is 5.50 Å². The van der Waals surface area contributed by atoms with E-state index in [0.29, 0.717) is 0 Å². The number of rotatable bonds is 0. The molecule has 1 heterocycles. The summed E-state index contributed by atoms with van der Waals surface area (Å²) in [6, 6.07) is 0. The van der Waals surface area contributed by atoms with Crippen LogP contribution in [0.5, 0.6) is 0 Å². The highest BCUT2D eigenvalue weighted by Gasteiger charge is 2.33. The van der Waals surface area contributed by atoms with Crippen molar-refractivity contribution in [3.05, 3.63) is 0 Å². The Morgan fingerprint density at radius 1 is 1.09 bits per heavy atom. The highest BCUT2D eigenvalue weighted by atomic mass is 35.5. The zero-order valence-electron chi connectivity index (χ0n) is 6.85. The fourth-order valence-electron chi connectivity index (χ4n) is 2.54. The van der Waals surface area contributed by atoms with Gasteiger partial charge >= 0.3 is 0 Å². The van der Waals surface area contributed by atoms with Crippen LogP contribution in [0.15, 0.2) is 0 Å². The summed E-state index contributed by atoms with van der Waals surface area (Å²) in [5, 5.41) is 3.35. The quantitative estimate of drug-likeness (QED) is 0.438. The second kappa shape index (κ2) is 3.32. The van der Waals surface area contributed by atoms with Crippen LogP contribution in [-0.2, 0) is 0 Å². The number of alkyl halides is 1. The third kappa shape index (κ3) is 1.54. The molecule has 11 heavy (non-hydrogen) atoms. The zero-order chi connectivity index (χ0) is 7.68. The number of hydrogen-bond acceptors (Lipinski definition) is 1. The van der Waals surface area contributed by atoms with Gasteiger partial charge in [0.1, 0.15) is 0 Å². The standard InChI is InChI=1S/C9H16ClN/c10-9-8-4-2-1-3-7(8)5-6-11-9/h7-9,11H,1-6H2. The number of hydrogen-bond donors (Lipinski definition) is 1. The minimum atomic E-state index is 0.272. The Hall–Kier alpha value is 0.250. The molecule has 1 aliphatic heterocycles. The Morgan fingerprint density at radius 2 is 1.91 bits per heavy atom. The van der Waals surface area contributed by atoms with Crippen LogP contribution >= 0.6 is 11.6 Å². The van der Waals surface area contributed by atoms with Gasteiger partial charge in [0.05, 0.1) is 5.50 Å². The molecule has 0 aromatic rings. The highest BCUT2D eigenvalue weighted by Crippen LogP contribution is 2.37. The Balaban J connectivity index is 1.99. The predicted octanol–water partition coefficient (Wildman–Crippen LogP) is 2.35. The Labute approximate surface area is 73.5 Å². The molecule has 2 fully saturated rings. The molecular weight excluding hydrogens is 158 g/mol. The van der Waals surface area contributed by atoms with Crippen molar-refractivity contribution in [2.45, 2.75) is 37.6 Å². The Morgan fingerprint density at radius 3 is 2.73 bits per heavy atom. The average Bonchev–Trinajstić information content (AvgIpc) is 2.06. The molecule has 0 bridgehead atoms. The normalized spacial score (nSPS) is 45.0. The van der Waals surface area contributed by atoms with E-state index in [0.717, 1.165) is 18.4 Å². The van der Waals surface area contributed by atoms with Crippen LogP contribution in [0.25, 0.3) is 0 Å². The van der Waals surface area contributed by atoms with Crippen LogP contribution in [0.3, 0.4) is 0 Å². The van der Waals surface area contributed by atoms with Crippen LogP contribution < -0.4 is 5.32 Å². The predicted molar refractivity (Wildman–Crippen MR) is 47.7 cm³/mol. The fourth-order valence-corrected chi connectivity index (χ4v) is 2.98. The van der Waals surface area contributed by atoms with Crippen molar-refractivity contribution in [3.63, 3.8) is 0 Å². The molecule has 64 valence electrons. The summed E-state index contributed by atoms with van der Waals surface area (Å²) in [5.74, 6) is 1.71. The van der Waals surface area contributed by atoms with Gasteiger partial charge in [-0.05, 0) is 31.2 Å². The van der Waals surface area contributed by atoms with E-state index in [1.807, 2.05) is 0 Å². The van der Waals surface area contributed by atoms with Gasteiger partial charge in [-0.15, -0.1) is 11.6 Å². The second-order valence-corrected chi connectivity index (χ2v) is 4.32. The third-order valence-electron chi connectivity index (χ3n) is 3.20. The maximum absolute atomic E-state index is 6.18. The first-order valence-corrected chi connectivity index (χ1v) is 5.19. The molecule has 0 amide bonds. The molecule has 3 atom stereocenters. The molecule has 0 aromatic heterocycles. The van der Waals surface area contributed by atoms with Crippen molar-refractivity contribution in [2.24, 2.45) is 11.8 Å². The molecule has 1 nitrogen and oxygen atoms in total. The molecule has 2 aliphatic rings. The maximum Gasteiger partial charge on any atom is 0.0856 e. The molecule has 2 rings (SSSR count). The van der Waals surface area contributed by atoms with Gasteiger partial charge in [-0.2, -0.15) is 0 Å². The van der Waals surface area contributed by atoms with E-state index in [1.165, 1.54) is 32.1 Å². The van der Waals surface area contributed by atoms with Crippen molar-refractivity contribution in [1.29, 1.82) is 0 Å². The largest absolute Gasteiger partial charge is 0.301 e. The summed E-state index contributed by atoms with van der Waals surface area (Å²) in [6.45, 7) is 1.13. The third-order valence-corrected chi connectivity index (χ3v) is 3.68. The van der Waals surface area contributed by atoms with E-state index in [1.54, 1.807) is 0 Å². The molecule has 0 spiro atoms. The minimum Gasteiger partial charge on any atom is -0.301 e. The van der Waals surface area contributed by atoms with Gasteiger partial charge in [0, 0.05) is 0 Å². The second-order valence-electron chi connectivity index (χ2n) is 3.85. The van der Waals surface area contributed by atoms with Crippen molar-refractivity contribution >= 4 is 11.6 Å². The van der Waals surface area contributed by atoms with Crippen LogP contribution in [-0.4, -0.2) is 12.0 Å².